The van der Waals surface area contributed by atoms with E-state index in [1.165, 1.54) is 43.6 Å². The number of nitrogens with zero attached hydrogens (tertiary/aromatic N) is 5. The van der Waals surface area contributed by atoms with Gasteiger partial charge < -0.3 is 9.13 Å². The van der Waals surface area contributed by atoms with E-state index < -0.39 is 0 Å². The maximum atomic E-state index is 5.15. The summed E-state index contributed by atoms with van der Waals surface area (Å²) in [6.07, 6.45) is 0. The molecule has 11 aromatic rings. The number of hydrogen-bond acceptors (Lipinski definition) is 3. The van der Waals surface area contributed by atoms with Crippen molar-refractivity contribution in [3.05, 3.63) is 200 Å². The number of fused-ring (bicyclic) bond motifs is 6. The molecule has 5 heteroatoms. The van der Waals surface area contributed by atoms with Crippen LogP contribution in [-0.2, 0) is 0 Å². The van der Waals surface area contributed by atoms with E-state index in [2.05, 4.69) is 179 Å². The second kappa shape index (κ2) is 13.0. The van der Waals surface area contributed by atoms with Gasteiger partial charge in [-0.15, -0.1) is 0 Å². The van der Waals surface area contributed by atoms with Crippen molar-refractivity contribution in [2.45, 2.75) is 0 Å². The van der Waals surface area contributed by atoms with Crippen molar-refractivity contribution in [1.82, 2.24) is 24.1 Å². The molecule has 0 N–H and O–H groups in total. The molecule has 0 amide bonds. The Balaban J connectivity index is 0.943. The molecule has 56 heavy (non-hydrogen) atoms. The minimum atomic E-state index is 0.799. The van der Waals surface area contributed by atoms with Gasteiger partial charge in [0.15, 0.2) is 0 Å². The lowest BCUT2D eigenvalue weighted by molar-refractivity contribution is 1.18. The van der Waals surface area contributed by atoms with Crippen molar-refractivity contribution in [3.8, 4) is 56.7 Å². The molecule has 0 aliphatic carbocycles. The first-order valence-corrected chi connectivity index (χ1v) is 18.9. The summed E-state index contributed by atoms with van der Waals surface area (Å²) in [5.74, 6) is 0. The van der Waals surface area contributed by atoms with Gasteiger partial charge in [-0.25, -0.2) is 15.0 Å². The van der Waals surface area contributed by atoms with E-state index in [4.69, 9.17) is 15.0 Å². The van der Waals surface area contributed by atoms with Gasteiger partial charge in [0, 0.05) is 44.0 Å². The number of benzene rings is 6. The van der Waals surface area contributed by atoms with Crippen molar-refractivity contribution in [2.75, 3.05) is 0 Å². The molecule has 0 bridgehead atoms. The van der Waals surface area contributed by atoms with Crippen molar-refractivity contribution in [2.24, 2.45) is 0 Å². The van der Waals surface area contributed by atoms with Crippen molar-refractivity contribution >= 4 is 43.6 Å². The van der Waals surface area contributed by atoms with Gasteiger partial charge in [0.1, 0.15) is 0 Å². The summed E-state index contributed by atoms with van der Waals surface area (Å²) < 4.78 is 4.67. The summed E-state index contributed by atoms with van der Waals surface area (Å²) >= 11 is 0. The fraction of sp³-hybridized carbons (Fsp3) is 0. The number of aromatic nitrogens is 5. The number of pyridine rings is 3. The molecule has 5 heterocycles. The van der Waals surface area contributed by atoms with Gasteiger partial charge in [-0.2, -0.15) is 0 Å². The van der Waals surface area contributed by atoms with Crippen molar-refractivity contribution < 1.29 is 0 Å². The molecule has 0 aliphatic heterocycles. The Hall–Kier alpha value is -7.63. The summed E-state index contributed by atoms with van der Waals surface area (Å²) in [5, 5.41) is 4.82. The van der Waals surface area contributed by atoms with Crippen molar-refractivity contribution in [3.63, 3.8) is 0 Å². The molecule has 0 saturated carbocycles. The van der Waals surface area contributed by atoms with E-state index in [0.717, 1.165) is 56.7 Å². The van der Waals surface area contributed by atoms with Crippen LogP contribution in [0.2, 0.25) is 0 Å². The minimum absolute atomic E-state index is 0.799. The van der Waals surface area contributed by atoms with E-state index >= 15 is 0 Å². The van der Waals surface area contributed by atoms with Gasteiger partial charge in [0.2, 0.25) is 0 Å². The second-order valence-electron chi connectivity index (χ2n) is 14.1. The molecule has 0 unspecified atom stereocenters. The molecular weight excluding hydrogens is 683 g/mol. The summed E-state index contributed by atoms with van der Waals surface area (Å²) in [7, 11) is 0. The van der Waals surface area contributed by atoms with E-state index in [9.17, 15) is 0 Å². The quantitative estimate of drug-likeness (QED) is 0.172. The first-order valence-electron chi connectivity index (χ1n) is 18.9. The molecule has 6 aromatic carbocycles. The average Bonchev–Trinajstić information content (AvgIpc) is 3.79. The smallest absolute Gasteiger partial charge is 0.0894 e. The highest BCUT2D eigenvalue weighted by atomic mass is 15.0. The van der Waals surface area contributed by atoms with E-state index in [1.807, 2.05) is 30.3 Å². The zero-order valence-corrected chi connectivity index (χ0v) is 30.3. The Labute approximate surface area is 323 Å². The third-order valence-corrected chi connectivity index (χ3v) is 10.7. The molecule has 0 aliphatic rings. The van der Waals surface area contributed by atoms with Crippen LogP contribution in [-0.4, -0.2) is 24.1 Å². The monoisotopic (exact) mass is 715 g/mol. The van der Waals surface area contributed by atoms with Gasteiger partial charge in [-0.3, -0.25) is 0 Å². The maximum absolute atomic E-state index is 5.15. The summed E-state index contributed by atoms with van der Waals surface area (Å²) in [6, 6.07) is 70.0. The van der Waals surface area contributed by atoms with Gasteiger partial charge in [-0.05, 0) is 97.1 Å². The molecule has 262 valence electrons. The van der Waals surface area contributed by atoms with Gasteiger partial charge >= 0.3 is 0 Å². The van der Waals surface area contributed by atoms with Crippen LogP contribution in [0.25, 0.3) is 100 Å². The molecule has 11 rings (SSSR count). The first kappa shape index (κ1) is 31.9. The lowest BCUT2D eigenvalue weighted by atomic mass is 10.1. The van der Waals surface area contributed by atoms with E-state index in [0.29, 0.717) is 0 Å². The highest BCUT2D eigenvalue weighted by Crippen LogP contribution is 2.37. The molecule has 0 atom stereocenters. The third kappa shape index (κ3) is 5.29. The fourth-order valence-corrected chi connectivity index (χ4v) is 8.17. The Morgan fingerprint density at radius 1 is 0.250 bits per heavy atom. The van der Waals surface area contributed by atoms with Gasteiger partial charge in [0.05, 0.1) is 56.2 Å². The highest BCUT2D eigenvalue weighted by Gasteiger charge is 2.16. The summed E-state index contributed by atoms with van der Waals surface area (Å²) in [4.78, 5) is 15.4. The third-order valence-electron chi connectivity index (χ3n) is 10.7. The standard InChI is InChI=1S/C51H33N5/c1-3-14-36(15-4-1)55-48-26-9-7-18-38(48)40-32-34(28-30-50(40)55)42-20-11-22-44(52-42)46-24-13-25-47(54-46)45-23-12-21-43(53-45)35-29-31-51-41(33-35)39-19-8-10-27-49(39)56(51)37-16-5-2-6-17-37/h1-33H. The zero-order valence-electron chi connectivity index (χ0n) is 30.3. The van der Waals surface area contributed by atoms with Crippen LogP contribution in [0.1, 0.15) is 0 Å². The van der Waals surface area contributed by atoms with Crippen LogP contribution < -0.4 is 0 Å². The Morgan fingerprint density at radius 2 is 0.589 bits per heavy atom. The molecule has 0 radical (unpaired) electrons. The molecule has 5 aromatic heterocycles. The Morgan fingerprint density at radius 3 is 1.02 bits per heavy atom. The van der Waals surface area contributed by atoms with Crippen LogP contribution in [0.4, 0.5) is 0 Å². The Bertz CT molecular complexity index is 3030. The molecule has 0 spiro atoms. The molecule has 0 saturated heterocycles. The van der Waals surface area contributed by atoms with Crippen LogP contribution >= 0.6 is 0 Å². The Kier molecular flexibility index (Phi) is 7.42. The largest absolute Gasteiger partial charge is 0.309 e. The van der Waals surface area contributed by atoms with E-state index in [-0.39, 0.29) is 0 Å². The summed E-state index contributed by atoms with van der Waals surface area (Å²) in [6.45, 7) is 0. The van der Waals surface area contributed by atoms with Crippen LogP contribution in [0.3, 0.4) is 0 Å². The van der Waals surface area contributed by atoms with Crippen molar-refractivity contribution in [1.29, 1.82) is 0 Å². The fourth-order valence-electron chi connectivity index (χ4n) is 8.17. The molecule has 0 fully saturated rings. The maximum Gasteiger partial charge on any atom is 0.0894 e. The van der Waals surface area contributed by atoms with Crippen LogP contribution in [0, 0.1) is 0 Å². The highest BCUT2D eigenvalue weighted by molar-refractivity contribution is 6.11. The zero-order chi connectivity index (χ0) is 37.0. The average molecular weight is 716 g/mol. The topological polar surface area (TPSA) is 48.5 Å². The van der Waals surface area contributed by atoms with E-state index in [1.54, 1.807) is 0 Å². The number of hydrogen-bond donors (Lipinski definition) is 0. The second-order valence-corrected chi connectivity index (χ2v) is 14.1. The van der Waals surface area contributed by atoms with Crippen LogP contribution in [0.5, 0.6) is 0 Å². The SMILES string of the molecule is c1ccc(-n2c3ccccc3c3cc(-c4cccc(-c5cccc(-c6cccc(-c7ccc8c(c7)c7ccccc7n8-c7ccccc7)n6)n5)n4)ccc32)cc1. The predicted molar refractivity (Wildman–Crippen MR) is 230 cm³/mol. The molecule has 5 nitrogen and oxygen atoms in total. The molecular formula is C51H33N5. The normalized spacial score (nSPS) is 11.6. The lowest BCUT2D eigenvalue weighted by Gasteiger charge is -2.09. The number of rotatable bonds is 6. The minimum Gasteiger partial charge on any atom is -0.309 e. The van der Waals surface area contributed by atoms with Gasteiger partial charge in [0.25, 0.3) is 0 Å². The first-order chi connectivity index (χ1) is 27.8. The number of para-hydroxylation sites is 4. The van der Waals surface area contributed by atoms with Gasteiger partial charge in [-0.1, -0.05) is 103 Å². The predicted octanol–water partition coefficient (Wildman–Crippen LogP) is 12.7. The van der Waals surface area contributed by atoms with Crippen LogP contribution in [0.15, 0.2) is 200 Å². The lowest BCUT2D eigenvalue weighted by Crippen LogP contribution is -1.95. The summed E-state index contributed by atoms with van der Waals surface area (Å²) in [5.41, 5.74) is 14.1.